The van der Waals surface area contributed by atoms with E-state index >= 15 is 0 Å². The van der Waals surface area contributed by atoms with E-state index in [9.17, 15) is 22.4 Å². The van der Waals surface area contributed by atoms with Crippen molar-refractivity contribution >= 4 is 5.91 Å². The number of methoxy groups -OCH3 is 1. The van der Waals surface area contributed by atoms with Gasteiger partial charge in [0.05, 0.1) is 30.9 Å². The number of ether oxygens (including phenoxy) is 2. The van der Waals surface area contributed by atoms with Crippen molar-refractivity contribution in [2.24, 2.45) is 0 Å². The second-order valence-electron chi connectivity index (χ2n) is 6.16. The smallest absolute Gasteiger partial charge is 0.417 e. The number of halogens is 4. The molecule has 0 atom stereocenters. The molecule has 1 saturated heterocycles. The van der Waals surface area contributed by atoms with E-state index < -0.39 is 23.5 Å². The van der Waals surface area contributed by atoms with Gasteiger partial charge in [-0.3, -0.25) is 4.79 Å². The van der Waals surface area contributed by atoms with Gasteiger partial charge in [-0.15, -0.1) is 0 Å². The van der Waals surface area contributed by atoms with Crippen molar-refractivity contribution in [3.63, 3.8) is 0 Å². The van der Waals surface area contributed by atoms with Crippen LogP contribution in [0.3, 0.4) is 0 Å². The van der Waals surface area contributed by atoms with Crippen molar-refractivity contribution in [1.82, 2.24) is 4.90 Å². The number of alkyl halides is 3. The zero-order chi connectivity index (χ0) is 19.6. The molecule has 1 fully saturated rings. The third kappa shape index (κ3) is 4.21. The number of likely N-dealkylation sites (tertiary alicyclic amines) is 1. The first-order valence-electron chi connectivity index (χ1n) is 8.19. The Balaban J connectivity index is 1.56. The summed E-state index contributed by atoms with van der Waals surface area (Å²) >= 11 is 0. The predicted octanol–water partition coefficient (Wildman–Crippen LogP) is 3.89. The highest BCUT2D eigenvalue weighted by Crippen LogP contribution is 2.33. The first kappa shape index (κ1) is 19.2. The molecule has 1 aliphatic rings. The maximum absolute atomic E-state index is 13.6. The maximum atomic E-state index is 13.6. The van der Waals surface area contributed by atoms with Crippen LogP contribution in [-0.4, -0.2) is 37.1 Å². The molecule has 0 aliphatic carbocycles. The quantitative estimate of drug-likeness (QED) is 0.736. The summed E-state index contributed by atoms with van der Waals surface area (Å²) < 4.78 is 63.1. The molecule has 0 saturated carbocycles. The number of carbonyl (C=O) groups is 1. The Hall–Kier alpha value is -2.61. The van der Waals surface area contributed by atoms with Crippen LogP contribution in [0.15, 0.2) is 42.5 Å². The van der Waals surface area contributed by atoms with Crippen LogP contribution in [0.1, 0.15) is 21.5 Å². The Labute approximate surface area is 153 Å². The number of amides is 1. The van der Waals surface area contributed by atoms with Gasteiger partial charge < -0.3 is 14.4 Å². The summed E-state index contributed by atoms with van der Waals surface area (Å²) in [5.74, 6) is -1.06. The van der Waals surface area contributed by atoms with Crippen molar-refractivity contribution < 1.29 is 31.8 Å². The number of rotatable bonds is 5. The average Bonchev–Trinajstić information content (AvgIpc) is 2.59. The van der Waals surface area contributed by atoms with Crippen molar-refractivity contribution in [3.8, 4) is 5.75 Å². The molecule has 1 amide bonds. The van der Waals surface area contributed by atoms with Gasteiger partial charge in [-0.25, -0.2) is 4.39 Å². The van der Waals surface area contributed by atoms with Crippen molar-refractivity contribution in [2.75, 3.05) is 20.2 Å². The van der Waals surface area contributed by atoms with E-state index in [4.69, 9.17) is 9.47 Å². The molecular formula is C19H17F4NO3. The number of benzene rings is 2. The van der Waals surface area contributed by atoms with Gasteiger partial charge in [-0.05, 0) is 29.8 Å². The lowest BCUT2D eigenvalue weighted by atomic mass is 10.0. The van der Waals surface area contributed by atoms with Gasteiger partial charge in [0.25, 0.3) is 5.91 Å². The van der Waals surface area contributed by atoms with Crippen molar-refractivity contribution in [3.05, 3.63) is 65.0 Å². The van der Waals surface area contributed by atoms with E-state index in [1.165, 1.54) is 42.3 Å². The van der Waals surface area contributed by atoms with Crippen molar-refractivity contribution in [1.29, 1.82) is 0 Å². The van der Waals surface area contributed by atoms with Crippen LogP contribution in [0.4, 0.5) is 17.6 Å². The summed E-state index contributed by atoms with van der Waals surface area (Å²) in [4.78, 5) is 13.6. The molecule has 1 heterocycles. The molecule has 3 rings (SSSR count). The van der Waals surface area contributed by atoms with E-state index in [0.717, 1.165) is 6.07 Å². The van der Waals surface area contributed by atoms with Gasteiger partial charge in [0.1, 0.15) is 0 Å². The SMILES string of the molecule is COc1ccc(COC2CN(C(=O)c3ccccc3C(F)(F)F)C2)cc1F. The highest BCUT2D eigenvalue weighted by atomic mass is 19.4. The third-order valence-electron chi connectivity index (χ3n) is 4.30. The van der Waals surface area contributed by atoms with Gasteiger partial charge in [0, 0.05) is 13.1 Å². The second-order valence-corrected chi connectivity index (χ2v) is 6.16. The Kier molecular flexibility index (Phi) is 5.36. The van der Waals surface area contributed by atoms with Gasteiger partial charge in [-0.2, -0.15) is 13.2 Å². The first-order valence-corrected chi connectivity index (χ1v) is 8.19. The van der Waals surface area contributed by atoms with Gasteiger partial charge in [-0.1, -0.05) is 18.2 Å². The lowest BCUT2D eigenvalue weighted by Gasteiger charge is -2.39. The van der Waals surface area contributed by atoms with E-state index in [-0.39, 0.29) is 37.1 Å². The molecule has 0 unspecified atom stereocenters. The largest absolute Gasteiger partial charge is 0.494 e. The first-order chi connectivity index (χ1) is 12.8. The van der Waals surface area contributed by atoms with E-state index in [2.05, 4.69) is 0 Å². The summed E-state index contributed by atoms with van der Waals surface area (Å²) in [6.45, 7) is 0.500. The maximum Gasteiger partial charge on any atom is 0.417 e. The van der Waals surface area contributed by atoms with Crippen LogP contribution in [-0.2, 0) is 17.5 Å². The normalized spacial score (nSPS) is 14.8. The zero-order valence-corrected chi connectivity index (χ0v) is 14.4. The minimum atomic E-state index is -4.59. The minimum absolute atomic E-state index is 0.127. The molecule has 0 bridgehead atoms. The Morgan fingerprint density at radius 1 is 1.19 bits per heavy atom. The molecule has 2 aromatic carbocycles. The van der Waals surface area contributed by atoms with Crippen LogP contribution in [0.5, 0.6) is 5.75 Å². The van der Waals surface area contributed by atoms with Gasteiger partial charge in [0.2, 0.25) is 0 Å². The second kappa shape index (κ2) is 7.56. The molecule has 8 heteroatoms. The lowest BCUT2D eigenvalue weighted by Crippen LogP contribution is -2.54. The molecule has 144 valence electrons. The van der Waals surface area contributed by atoms with E-state index in [1.54, 1.807) is 6.07 Å². The number of hydrogen-bond donors (Lipinski definition) is 0. The molecular weight excluding hydrogens is 366 g/mol. The molecule has 0 aromatic heterocycles. The van der Waals surface area contributed by atoms with Gasteiger partial charge >= 0.3 is 6.18 Å². The van der Waals surface area contributed by atoms with Crippen LogP contribution < -0.4 is 4.74 Å². The Bertz CT molecular complexity index is 832. The number of carbonyl (C=O) groups excluding carboxylic acids is 1. The topological polar surface area (TPSA) is 38.8 Å². The fraction of sp³-hybridized carbons (Fsp3) is 0.316. The summed E-state index contributed by atoms with van der Waals surface area (Å²) in [6.07, 6.45) is -4.90. The minimum Gasteiger partial charge on any atom is -0.494 e. The zero-order valence-electron chi connectivity index (χ0n) is 14.4. The summed E-state index contributed by atoms with van der Waals surface area (Å²) in [7, 11) is 1.37. The summed E-state index contributed by atoms with van der Waals surface area (Å²) in [5.41, 5.74) is -0.728. The highest BCUT2D eigenvalue weighted by molar-refractivity contribution is 5.96. The molecule has 4 nitrogen and oxygen atoms in total. The third-order valence-corrected chi connectivity index (χ3v) is 4.30. The highest BCUT2D eigenvalue weighted by Gasteiger charge is 2.38. The summed E-state index contributed by atoms with van der Waals surface area (Å²) in [6, 6.07) is 9.13. The van der Waals surface area contributed by atoms with Crippen LogP contribution in [0, 0.1) is 5.82 Å². The number of nitrogens with zero attached hydrogens (tertiary/aromatic N) is 1. The Morgan fingerprint density at radius 3 is 2.52 bits per heavy atom. The van der Waals surface area contributed by atoms with E-state index in [1.807, 2.05) is 0 Å². The Morgan fingerprint density at radius 2 is 1.89 bits per heavy atom. The number of hydrogen-bond acceptors (Lipinski definition) is 3. The molecule has 0 radical (unpaired) electrons. The fourth-order valence-corrected chi connectivity index (χ4v) is 2.81. The van der Waals surface area contributed by atoms with Crippen LogP contribution in [0.2, 0.25) is 0 Å². The van der Waals surface area contributed by atoms with Gasteiger partial charge in [0.15, 0.2) is 11.6 Å². The molecule has 0 N–H and O–H groups in total. The van der Waals surface area contributed by atoms with Crippen LogP contribution in [0.25, 0.3) is 0 Å². The van der Waals surface area contributed by atoms with Crippen LogP contribution >= 0.6 is 0 Å². The molecule has 27 heavy (non-hydrogen) atoms. The predicted molar refractivity (Wildman–Crippen MR) is 88.9 cm³/mol. The van der Waals surface area contributed by atoms with Crippen molar-refractivity contribution in [2.45, 2.75) is 18.9 Å². The lowest BCUT2D eigenvalue weighted by molar-refractivity contribution is -0.138. The summed E-state index contributed by atoms with van der Waals surface area (Å²) in [5, 5.41) is 0. The molecule has 0 spiro atoms. The standard InChI is InChI=1S/C19H17F4NO3/c1-26-17-7-6-12(8-16(17)20)11-27-13-9-24(10-13)18(25)14-4-2-3-5-15(14)19(21,22)23/h2-8,13H,9-11H2,1H3. The average molecular weight is 383 g/mol. The molecule has 1 aliphatic heterocycles. The fourth-order valence-electron chi connectivity index (χ4n) is 2.81. The monoisotopic (exact) mass is 383 g/mol. The molecule has 2 aromatic rings. The van der Waals surface area contributed by atoms with E-state index in [0.29, 0.717) is 5.56 Å².